The van der Waals surface area contributed by atoms with E-state index < -0.39 is 9.84 Å². The molecule has 4 heterocycles. The number of amides is 1. The molecule has 8 heteroatoms. The minimum Gasteiger partial charge on any atom is -0.445 e. The molecule has 2 aromatic rings. The van der Waals surface area contributed by atoms with Gasteiger partial charge in [0.25, 0.3) is 5.91 Å². The fraction of sp³-hybridized carbons (Fsp3) is 0.467. The first-order chi connectivity index (χ1) is 10.9. The first-order valence-corrected chi connectivity index (χ1v) is 9.42. The Balaban J connectivity index is 1.57. The number of piperidine rings is 1. The number of fused-ring (bicyclic) bond motifs is 3. The van der Waals surface area contributed by atoms with Gasteiger partial charge in [-0.1, -0.05) is 0 Å². The number of carbonyl (C=O) groups excluding carboxylic acids is 1. The number of carbonyl (C=O) groups is 1. The zero-order valence-corrected chi connectivity index (χ0v) is 13.5. The summed E-state index contributed by atoms with van der Waals surface area (Å²) in [5.41, 5.74) is 0.590. The molecule has 0 saturated carbocycles. The minimum absolute atomic E-state index is 0.118. The third-order valence-corrected chi connectivity index (χ3v) is 5.56. The summed E-state index contributed by atoms with van der Waals surface area (Å²) < 4.78 is 28.4. The molecule has 2 aromatic heterocycles. The van der Waals surface area contributed by atoms with Crippen LogP contribution in [0.4, 0.5) is 0 Å². The van der Waals surface area contributed by atoms with Crippen molar-refractivity contribution in [2.45, 2.75) is 17.6 Å². The highest BCUT2D eigenvalue weighted by Gasteiger charge is 2.38. The van der Waals surface area contributed by atoms with Crippen LogP contribution in [0, 0.1) is 5.92 Å². The van der Waals surface area contributed by atoms with E-state index in [1.165, 1.54) is 18.3 Å². The summed E-state index contributed by atoms with van der Waals surface area (Å²) in [6, 6.07) is 3.08. The van der Waals surface area contributed by atoms with Gasteiger partial charge >= 0.3 is 0 Å². The van der Waals surface area contributed by atoms with E-state index in [1.807, 2.05) is 0 Å². The average molecular weight is 335 g/mol. The number of nitrogens with zero attached hydrogens (tertiary/aromatic N) is 2. The standard InChI is InChI=1S/C15H17N3O4S/c1-23(20,21)14-4-10-6-16-11(5-13(10)22-14)15(19)17-12-8-18-3-2-9(12)7-18/h4-6,9,12H,2-3,7-8H2,1H3,(H,17,19). The van der Waals surface area contributed by atoms with Gasteiger partial charge in [-0.2, -0.15) is 0 Å². The third-order valence-electron chi connectivity index (χ3n) is 4.63. The lowest BCUT2D eigenvalue weighted by Crippen LogP contribution is -2.43. The maximum Gasteiger partial charge on any atom is 0.270 e. The number of hydrogen-bond donors (Lipinski definition) is 1. The maximum absolute atomic E-state index is 12.4. The van der Waals surface area contributed by atoms with Crippen LogP contribution in [0.3, 0.4) is 0 Å². The summed E-state index contributed by atoms with van der Waals surface area (Å²) in [6.45, 7) is 3.05. The van der Waals surface area contributed by atoms with Crippen molar-refractivity contribution < 1.29 is 17.6 Å². The molecule has 1 amide bonds. The molecular weight excluding hydrogens is 318 g/mol. The van der Waals surface area contributed by atoms with Crippen molar-refractivity contribution in [2.75, 3.05) is 25.9 Å². The molecule has 0 spiro atoms. The van der Waals surface area contributed by atoms with E-state index in [0.717, 1.165) is 32.3 Å². The highest BCUT2D eigenvalue weighted by molar-refractivity contribution is 7.90. The second-order valence-electron chi connectivity index (χ2n) is 6.33. The molecule has 4 rings (SSSR count). The molecule has 0 aliphatic carbocycles. The number of rotatable bonds is 3. The Labute approximate surface area is 133 Å². The fourth-order valence-electron chi connectivity index (χ4n) is 3.41. The van der Waals surface area contributed by atoms with Crippen molar-refractivity contribution in [2.24, 2.45) is 5.92 Å². The number of sulfone groups is 1. The molecule has 0 radical (unpaired) electrons. The van der Waals surface area contributed by atoms with Crippen molar-refractivity contribution in [3.05, 3.63) is 24.0 Å². The summed E-state index contributed by atoms with van der Waals surface area (Å²) in [5.74, 6) is 0.270. The predicted molar refractivity (Wildman–Crippen MR) is 82.9 cm³/mol. The van der Waals surface area contributed by atoms with Crippen molar-refractivity contribution in [3.63, 3.8) is 0 Å². The summed E-state index contributed by atoms with van der Waals surface area (Å²) >= 11 is 0. The van der Waals surface area contributed by atoms with Gasteiger partial charge in [0, 0.05) is 49.1 Å². The van der Waals surface area contributed by atoms with Gasteiger partial charge < -0.3 is 14.6 Å². The summed E-state index contributed by atoms with van der Waals surface area (Å²) in [6.07, 6.45) is 3.66. The Morgan fingerprint density at radius 2 is 2.22 bits per heavy atom. The Morgan fingerprint density at radius 3 is 2.87 bits per heavy atom. The van der Waals surface area contributed by atoms with Crippen LogP contribution in [0.5, 0.6) is 0 Å². The second-order valence-corrected chi connectivity index (χ2v) is 8.28. The lowest BCUT2D eigenvalue weighted by atomic mass is 10.00. The largest absolute Gasteiger partial charge is 0.445 e. The van der Waals surface area contributed by atoms with Crippen LogP contribution in [0.1, 0.15) is 16.9 Å². The minimum atomic E-state index is -3.42. The first-order valence-electron chi connectivity index (χ1n) is 7.53. The first kappa shape index (κ1) is 14.6. The molecule has 0 aromatic carbocycles. The van der Waals surface area contributed by atoms with Gasteiger partial charge in [-0.15, -0.1) is 0 Å². The van der Waals surface area contributed by atoms with Crippen LogP contribution >= 0.6 is 0 Å². The van der Waals surface area contributed by atoms with Gasteiger partial charge in [-0.25, -0.2) is 8.42 Å². The van der Waals surface area contributed by atoms with Gasteiger partial charge in [0.05, 0.1) is 0 Å². The van der Waals surface area contributed by atoms with Gasteiger partial charge in [0.15, 0.2) is 0 Å². The molecule has 2 bridgehead atoms. The number of pyridine rings is 1. The van der Waals surface area contributed by atoms with E-state index in [-0.39, 0.29) is 22.7 Å². The van der Waals surface area contributed by atoms with Gasteiger partial charge in [-0.3, -0.25) is 9.78 Å². The monoisotopic (exact) mass is 335 g/mol. The highest BCUT2D eigenvalue weighted by Crippen LogP contribution is 2.28. The molecule has 2 aliphatic rings. The Bertz CT molecular complexity index is 889. The average Bonchev–Trinajstić information content (AvgIpc) is 3.20. The van der Waals surface area contributed by atoms with Crippen LogP contribution in [-0.2, 0) is 9.84 Å². The molecule has 2 fully saturated rings. The van der Waals surface area contributed by atoms with Crippen LogP contribution in [-0.4, -0.2) is 56.1 Å². The molecule has 1 N–H and O–H groups in total. The molecule has 3 unspecified atom stereocenters. The molecule has 2 saturated heterocycles. The maximum atomic E-state index is 12.4. The topological polar surface area (TPSA) is 92.5 Å². The lowest BCUT2D eigenvalue weighted by molar-refractivity contribution is 0.0919. The summed E-state index contributed by atoms with van der Waals surface area (Å²) in [4.78, 5) is 18.8. The van der Waals surface area contributed by atoms with Gasteiger partial charge in [-0.05, 0) is 18.9 Å². The van der Waals surface area contributed by atoms with Crippen molar-refractivity contribution in [1.82, 2.24) is 15.2 Å². The van der Waals surface area contributed by atoms with E-state index >= 15 is 0 Å². The van der Waals surface area contributed by atoms with Crippen molar-refractivity contribution in [1.29, 1.82) is 0 Å². The molecule has 23 heavy (non-hydrogen) atoms. The van der Waals surface area contributed by atoms with Crippen molar-refractivity contribution in [3.8, 4) is 0 Å². The van der Waals surface area contributed by atoms with Crippen LogP contribution in [0.15, 0.2) is 27.8 Å². The Morgan fingerprint density at radius 1 is 1.39 bits per heavy atom. The zero-order chi connectivity index (χ0) is 16.2. The fourth-order valence-corrected chi connectivity index (χ4v) is 3.99. The van der Waals surface area contributed by atoms with Crippen molar-refractivity contribution >= 4 is 26.7 Å². The number of furan rings is 1. The van der Waals surface area contributed by atoms with Crippen LogP contribution in [0.2, 0.25) is 0 Å². The van der Waals surface area contributed by atoms with E-state index in [0.29, 0.717) is 16.9 Å². The Kier molecular flexibility index (Phi) is 3.21. The molecule has 7 nitrogen and oxygen atoms in total. The van der Waals surface area contributed by atoms with E-state index in [1.54, 1.807) is 0 Å². The zero-order valence-electron chi connectivity index (χ0n) is 12.7. The molecule has 122 valence electrons. The Hall–Kier alpha value is -1.93. The predicted octanol–water partition coefficient (Wildman–Crippen LogP) is 0.665. The van der Waals surface area contributed by atoms with E-state index in [2.05, 4.69) is 15.2 Å². The molecule has 2 aliphatic heterocycles. The number of hydrogen-bond acceptors (Lipinski definition) is 6. The lowest BCUT2D eigenvalue weighted by Gasteiger charge is -2.22. The van der Waals surface area contributed by atoms with E-state index in [9.17, 15) is 13.2 Å². The van der Waals surface area contributed by atoms with Gasteiger partial charge in [0.2, 0.25) is 14.9 Å². The quantitative estimate of drug-likeness (QED) is 0.886. The molecule has 3 atom stereocenters. The highest BCUT2D eigenvalue weighted by atomic mass is 32.2. The third kappa shape index (κ3) is 2.61. The number of nitrogens with one attached hydrogen (secondary N) is 1. The second kappa shape index (κ2) is 5.04. The van der Waals surface area contributed by atoms with E-state index in [4.69, 9.17) is 4.42 Å². The SMILES string of the molecule is CS(=O)(=O)c1cc2cnc(C(=O)NC3CN4CCC3C4)cc2o1. The number of aromatic nitrogens is 1. The molecular formula is C15H17N3O4S. The summed E-state index contributed by atoms with van der Waals surface area (Å²) in [5, 5.41) is 3.47. The van der Waals surface area contributed by atoms with Crippen LogP contribution < -0.4 is 5.32 Å². The summed E-state index contributed by atoms with van der Waals surface area (Å²) in [7, 11) is -3.42. The smallest absolute Gasteiger partial charge is 0.270 e. The van der Waals surface area contributed by atoms with Crippen LogP contribution in [0.25, 0.3) is 11.0 Å². The normalized spacial score (nSPS) is 26.7. The van der Waals surface area contributed by atoms with Gasteiger partial charge in [0.1, 0.15) is 11.3 Å².